The molecule has 0 spiro atoms. The standard InChI is InChI=1S/C21H28N6O3S/c1-14-24-17(26-20-23-11-16(10-22)31-20)9-18(25-14)29-13-15-5-7-27(8-6-15)12-19(28)30-21(2,3)4/h9,11,15H,5-8,12-13H2,1-4H3,(H,23,24,25,26). The summed E-state index contributed by atoms with van der Waals surface area (Å²) in [5, 5.41) is 12.6. The van der Waals surface area contributed by atoms with Gasteiger partial charge in [-0.1, -0.05) is 11.3 Å². The number of piperidine rings is 1. The third-order valence-corrected chi connectivity index (χ3v) is 5.43. The molecule has 0 unspecified atom stereocenters. The van der Waals surface area contributed by atoms with Crippen molar-refractivity contribution in [3.8, 4) is 11.9 Å². The van der Waals surface area contributed by atoms with Gasteiger partial charge in [0.25, 0.3) is 0 Å². The third-order valence-electron chi connectivity index (χ3n) is 4.61. The third kappa shape index (κ3) is 7.45. The summed E-state index contributed by atoms with van der Waals surface area (Å²) in [5.74, 6) is 1.89. The summed E-state index contributed by atoms with van der Waals surface area (Å²) in [5.41, 5.74) is -0.454. The van der Waals surface area contributed by atoms with Crippen LogP contribution in [0.5, 0.6) is 5.88 Å². The maximum absolute atomic E-state index is 12.0. The van der Waals surface area contributed by atoms with Gasteiger partial charge < -0.3 is 14.8 Å². The van der Waals surface area contributed by atoms with Crippen molar-refractivity contribution in [1.82, 2.24) is 19.9 Å². The summed E-state index contributed by atoms with van der Waals surface area (Å²) < 4.78 is 11.3. The molecule has 166 valence electrons. The van der Waals surface area contributed by atoms with Crippen LogP contribution in [0, 0.1) is 24.2 Å². The van der Waals surface area contributed by atoms with Crippen molar-refractivity contribution in [3.05, 3.63) is 23.0 Å². The quantitative estimate of drug-likeness (QED) is 0.643. The van der Waals surface area contributed by atoms with Gasteiger partial charge in [-0.25, -0.2) is 9.97 Å². The molecule has 1 aliphatic rings. The Morgan fingerprint density at radius 3 is 2.74 bits per heavy atom. The number of nitriles is 1. The van der Waals surface area contributed by atoms with Gasteiger partial charge in [-0.2, -0.15) is 10.2 Å². The molecule has 0 radical (unpaired) electrons. The topological polar surface area (TPSA) is 113 Å². The number of rotatable bonds is 7. The van der Waals surface area contributed by atoms with E-state index < -0.39 is 5.60 Å². The Bertz CT molecular complexity index is 941. The number of likely N-dealkylation sites (tertiary alicyclic amines) is 1. The number of ether oxygens (including phenoxy) is 2. The molecular formula is C21H28N6O3S. The molecule has 0 bridgehead atoms. The number of hydrogen-bond acceptors (Lipinski definition) is 10. The van der Waals surface area contributed by atoms with E-state index in [4.69, 9.17) is 14.7 Å². The maximum Gasteiger partial charge on any atom is 0.320 e. The van der Waals surface area contributed by atoms with Crippen molar-refractivity contribution in [2.24, 2.45) is 5.92 Å². The molecule has 1 aliphatic heterocycles. The van der Waals surface area contributed by atoms with E-state index in [1.54, 1.807) is 13.0 Å². The van der Waals surface area contributed by atoms with E-state index in [-0.39, 0.29) is 5.97 Å². The average molecular weight is 445 g/mol. The van der Waals surface area contributed by atoms with Gasteiger partial charge in [-0.15, -0.1) is 0 Å². The van der Waals surface area contributed by atoms with Crippen molar-refractivity contribution in [3.63, 3.8) is 0 Å². The zero-order valence-corrected chi connectivity index (χ0v) is 19.2. The molecule has 3 rings (SSSR count). The van der Waals surface area contributed by atoms with Crippen LogP contribution < -0.4 is 10.1 Å². The molecule has 0 atom stereocenters. The molecule has 10 heteroatoms. The number of thiazole rings is 1. The fourth-order valence-electron chi connectivity index (χ4n) is 3.24. The van der Waals surface area contributed by atoms with Gasteiger partial charge in [0.1, 0.15) is 28.2 Å². The number of hydrogen-bond donors (Lipinski definition) is 1. The molecule has 31 heavy (non-hydrogen) atoms. The van der Waals surface area contributed by atoms with Gasteiger partial charge in [0, 0.05) is 6.07 Å². The summed E-state index contributed by atoms with van der Waals surface area (Å²) >= 11 is 1.26. The van der Waals surface area contributed by atoms with E-state index in [1.807, 2.05) is 20.8 Å². The van der Waals surface area contributed by atoms with Crippen LogP contribution in [0.2, 0.25) is 0 Å². The Morgan fingerprint density at radius 1 is 1.35 bits per heavy atom. The summed E-state index contributed by atoms with van der Waals surface area (Å²) in [7, 11) is 0. The molecule has 2 aromatic rings. The smallest absolute Gasteiger partial charge is 0.320 e. The van der Waals surface area contributed by atoms with E-state index in [1.165, 1.54) is 17.5 Å². The highest BCUT2D eigenvalue weighted by Crippen LogP contribution is 2.24. The van der Waals surface area contributed by atoms with Gasteiger partial charge in [-0.05, 0) is 59.5 Å². The molecule has 3 heterocycles. The highest BCUT2D eigenvalue weighted by atomic mass is 32.1. The maximum atomic E-state index is 12.0. The summed E-state index contributed by atoms with van der Waals surface area (Å²) in [6.07, 6.45) is 3.43. The lowest BCUT2D eigenvalue weighted by molar-refractivity contribution is -0.156. The Balaban J connectivity index is 1.47. The van der Waals surface area contributed by atoms with E-state index in [0.717, 1.165) is 25.9 Å². The van der Waals surface area contributed by atoms with Gasteiger partial charge in [0.05, 0.1) is 19.3 Å². The Morgan fingerprint density at radius 2 is 2.10 bits per heavy atom. The molecule has 0 amide bonds. The largest absolute Gasteiger partial charge is 0.477 e. The number of aromatic nitrogens is 3. The fraction of sp³-hybridized carbons (Fsp3) is 0.571. The van der Waals surface area contributed by atoms with Crippen molar-refractivity contribution in [1.29, 1.82) is 5.26 Å². The number of anilines is 2. The van der Waals surface area contributed by atoms with Crippen LogP contribution in [0.4, 0.5) is 10.9 Å². The number of nitrogens with one attached hydrogen (secondary N) is 1. The minimum absolute atomic E-state index is 0.180. The minimum atomic E-state index is -0.454. The predicted molar refractivity (Wildman–Crippen MR) is 117 cm³/mol. The Kier molecular flexibility index (Phi) is 7.41. The predicted octanol–water partition coefficient (Wildman–Crippen LogP) is 3.29. The summed E-state index contributed by atoms with van der Waals surface area (Å²) in [4.78, 5) is 27.5. The lowest BCUT2D eigenvalue weighted by Gasteiger charge is -2.31. The first-order chi connectivity index (χ1) is 14.7. The van der Waals surface area contributed by atoms with Crippen LogP contribution in [0.15, 0.2) is 12.3 Å². The van der Waals surface area contributed by atoms with E-state index in [9.17, 15) is 4.79 Å². The number of carbonyl (C=O) groups is 1. The van der Waals surface area contributed by atoms with Crippen LogP contribution in [-0.4, -0.2) is 57.7 Å². The molecule has 9 nitrogen and oxygen atoms in total. The second-order valence-electron chi connectivity index (χ2n) is 8.52. The number of nitrogens with zero attached hydrogens (tertiary/aromatic N) is 5. The number of carbonyl (C=O) groups excluding carboxylic acids is 1. The lowest BCUT2D eigenvalue weighted by Crippen LogP contribution is -2.40. The van der Waals surface area contributed by atoms with Crippen LogP contribution >= 0.6 is 11.3 Å². The first kappa shape index (κ1) is 22.9. The van der Waals surface area contributed by atoms with Crippen molar-refractivity contribution >= 4 is 28.3 Å². The summed E-state index contributed by atoms with van der Waals surface area (Å²) in [6, 6.07) is 3.80. The number of aryl methyl sites for hydroxylation is 1. The Hall–Kier alpha value is -2.77. The molecule has 1 saturated heterocycles. The molecule has 1 N–H and O–H groups in total. The van der Waals surface area contributed by atoms with Crippen LogP contribution in [0.1, 0.15) is 44.3 Å². The van der Waals surface area contributed by atoms with Crippen molar-refractivity contribution in [2.45, 2.75) is 46.1 Å². The zero-order valence-electron chi connectivity index (χ0n) is 18.3. The summed E-state index contributed by atoms with van der Waals surface area (Å²) in [6.45, 7) is 10.0. The minimum Gasteiger partial charge on any atom is -0.477 e. The monoisotopic (exact) mass is 444 g/mol. The molecule has 0 saturated carbocycles. The van der Waals surface area contributed by atoms with Crippen molar-refractivity contribution in [2.75, 3.05) is 31.6 Å². The average Bonchev–Trinajstić information content (AvgIpc) is 3.13. The zero-order chi connectivity index (χ0) is 22.4. The molecular weight excluding hydrogens is 416 g/mol. The fourth-order valence-corrected chi connectivity index (χ4v) is 3.86. The van der Waals surface area contributed by atoms with E-state index in [2.05, 4.69) is 31.2 Å². The molecule has 0 aromatic carbocycles. The van der Waals surface area contributed by atoms with Crippen LogP contribution in [-0.2, 0) is 9.53 Å². The van der Waals surface area contributed by atoms with E-state index in [0.29, 0.717) is 46.6 Å². The highest BCUT2D eigenvalue weighted by molar-refractivity contribution is 7.16. The van der Waals surface area contributed by atoms with Crippen molar-refractivity contribution < 1.29 is 14.3 Å². The highest BCUT2D eigenvalue weighted by Gasteiger charge is 2.24. The number of esters is 1. The molecule has 2 aromatic heterocycles. The molecule has 1 fully saturated rings. The Labute approximate surface area is 186 Å². The van der Waals surface area contributed by atoms with Gasteiger partial charge in [0.15, 0.2) is 5.13 Å². The van der Waals surface area contributed by atoms with Gasteiger partial charge >= 0.3 is 5.97 Å². The van der Waals surface area contributed by atoms with Gasteiger partial charge in [0.2, 0.25) is 5.88 Å². The first-order valence-corrected chi connectivity index (χ1v) is 11.1. The SMILES string of the molecule is Cc1nc(Nc2ncc(C#N)s2)cc(OCC2CCN(CC(=O)OC(C)(C)C)CC2)n1. The second kappa shape index (κ2) is 10.0. The second-order valence-corrected chi connectivity index (χ2v) is 9.55. The van der Waals surface area contributed by atoms with Crippen LogP contribution in [0.25, 0.3) is 0 Å². The van der Waals surface area contributed by atoms with Crippen LogP contribution in [0.3, 0.4) is 0 Å². The van der Waals surface area contributed by atoms with E-state index >= 15 is 0 Å². The first-order valence-electron chi connectivity index (χ1n) is 10.3. The lowest BCUT2D eigenvalue weighted by atomic mass is 9.98. The normalized spacial score (nSPS) is 15.3. The molecule has 0 aliphatic carbocycles. The van der Waals surface area contributed by atoms with Gasteiger partial charge in [-0.3, -0.25) is 9.69 Å².